The highest BCUT2D eigenvalue weighted by atomic mass is 16.5. The Kier molecular flexibility index (Phi) is 4.69. The number of benzene rings is 2. The lowest BCUT2D eigenvalue weighted by Crippen LogP contribution is -2.29. The molecule has 154 valence electrons. The fourth-order valence-electron chi connectivity index (χ4n) is 4.06. The van der Waals surface area contributed by atoms with E-state index in [1.807, 2.05) is 13.3 Å². The van der Waals surface area contributed by atoms with Crippen molar-refractivity contribution in [3.05, 3.63) is 53.7 Å². The Hall–Kier alpha value is -3.28. The molecular weight excluding hydrogens is 378 g/mol. The van der Waals surface area contributed by atoms with Gasteiger partial charge >= 0.3 is 5.97 Å². The summed E-state index contributed by atoms with van der Waals surface area (Å²) in [5, 5.41) is 1.21. The highest BCUT2D eigenvalue weighted by molar-refractivity contribution is 5.96. The monoisotopic (exact) mass is 403 g/mol. The number of carbonyl (C=O) groups excluding carboxylic acids is 1. The van der Waals surface area contributed by atoms with Crippen LogP contribution in [-0.4, -0.2) is 44.1 Å². The van der Waals surface area contributed by atoms with Gasteiger partial charge in [0.15, 0.2) is 0 Å². The van der Waals surface area contributed by atoms with Gasteiger partial charge in [0, 0.05) is 24.5 Å². The molecule has 5 rings (SSSR count). The van der Waals surface area contributed by atoms with E-state index in [9.17, 15) is 4.79 Å². The van der Waals surface area contributed by atoms with Crippen LogP contribution in [0.3, 0.4) is 0 Å². The maximum Gasteiger partial charge on any atom is 0.338 e. The Morgan fingerprint density at radius 2 is 2.10 bits per heavy atom. The first-order chi connectivity index (χ1) is 14.6. The Balaban J connectivity index is 1.59. The van der Waals surface area contributed by atoms with Crippen LogP contribution in [-0.2, 0) is 11.3 Å². The first-order valence-electron chi connectivity index (χ1n) is 10.4. The largest absolute Gasteiger partial charge is 0.489 e. The number of methoxy groups -OCH3 is 1. The SMILES string of the molecule is COC(=O)c1cc(N=Cc2cc3ccccc3n2CC2CC2)c2c(c1)OCCN2C. The molecule has 0 unspecified atom stereocenters. The van der Waals surface area contributed by atoms with Crippen molar-refractivity contribution >= 4 is 34.5 Å². The molecule has 6 nitrogen and oxygen atoms in total. The zero-order chi connectivity index (χ0) is 20.7. The van der Waals surface area contributed by atoms with Crippen molar-refractivity contribution in [1.82, 2.24) is 4.57 Å². The first kappa shape index (κ1) is 18.7. The van der Waals surface area contributed by atoms with Crippen LogP contribution in [0.15, 0.2) is 47.5 Å². The molecule has 0 spiro atoms. The number of aliphatic imine (C=N–C) groups is 1. The molecule has 1 aromatic heterocycles. The molecule has 0 bridgehead atoms. The predicted octanol–water partition coefficient (Wildman–Crippen LogP) is 4.42. The van der Waals surface area contributed by atoms with E-state index in [2.05, 4.69) is 39.8 Å². The summed E-state index contributed by atoms with van der Waals surface area (Å²) in [4.78, 5) is 19.1. The second kappa shape index (κ2) is 7.52. The van der Waals surface area contributed by atoms with Gasteiger partial charge < -0.3 is 18.9 Å². The van der Waals surface area contributed by atoms with Crippen molar-refractivity contribution in [2.24, 2.45) is 10.9 Å². The van der Waals surface area contributed by atoms with Gasteiger partial charge in [-0.2, -0.15) is 0 Å². The third-order valence-electron chi connectivity index (χ3n) is 5.86. The van der Waals surface area contributed by atoms with Crippen molar-refractivity contribution in [3.8, 4) is 5.75 Å². The lowest BCUT2D eigenvalue weighted by Gasteiger charge is -2.29. The van der Waals surface area contributed by atoms with Crippen LogP contribution >= 0.6 is 0 Å². The molecule has 3 aromatic rings. The number of carbonyl (C=O) groups is 1. The van der Waals surface area contributed by atoms with Crippen LogP contribution in [0.25, 0.3) is 10.9 Å². The molecule has 2 aromatic carbocycles. The molecule has 30 heavy (non-hydrogen) atoms. The highest BCUT2D eigenvalue weighted by Crippen LogP contribution is 2.41. The first-order valence-corrected chi connectivity index (χ1v) is 10.4. The number of rotatable bonds is 5. The zero-order valence-corrected chi connectivity index (χ0v) is 17.3. The minimum atomic E-state index is -0.395. The fourth-order valence-corrected chi connectivity index (χ4v) is 4.06. The van der Waals surface area contributed by atoms with Gasteiger partial charge in [0.25, 0.3) is 0 Å². The zero-order valence-electron chi connectivity index (χ0n) is 17.3. The minimum Gasteiger partial charge on any atom is -0.489 e. The molecule has 1 aliphatic carbocycles. The summed E-state index contributed by atoms with van der Waals surface area (Å²) in [6.45, 7) is 2.36. The smallest absolute Gasteiger partial charge is 0.338 e. The van der Waals surface area contributed by atoms with Crippen molar-refractivity contribution in [3.63, 3.8) is 0 Å². The van der Waals surface area contributed by atoms with Gasteiger partial charge in [-0.1, -0.05) is 18.2 Å². The van der Waals surface area contributed by atoms with Gasteiger partial charge in [-0.05, 0) is 43.0 Å². The summed E-state index contributed by atoms with van der Waals surface area (Å²) < 4.78 is 13.1. The van der Waals surface area contributed by atoms with E-state index < -0.39 is 5.97 Å². The van der Waals surface area contributed by atoms with E-state index in [0.29, 0.717) is 23.6 Å². The predicted molar refractivity (Wildman–Crippen MR) is 118 cm³/mol. The lowest BCUT2D eigenvalue weighted by atomic mass is 10.1. The van der Waals surface area contributed by atoms with Crippen LogP contribution in [0.5, 0.6) is 5.75 Å². The molecule has 2 heterocycles. The van der Waals surface area contributed by atoms with E-state index in [1.165, 1.54) is 30.9 Å². The van der Waals surface area contributed by atoms with E-state index in [4.69, 9.17) is 14.5 Å². The third-order valence-corrected chi connectivity index (χ3v) is 5.86. The highest BCUT2D eigenvalue weighted by Gasteiger charge is 2.24. The number of para-hydroxylation sites is 1. The molecule has 1 saturated carbocycles. The number of nitrogens with zero attached hydrogens (tertiary/aromatic N) is 3. The average Bonchev–Trinajstić information content (AvgIpc) is 3.52. The molecule has 6 heteroatoms. The number of anilines is 1. The van der Waals surface area contributed by atoms with Crippen LogP contribution < -0.4 is 9.64 Å². The quantitative estimate of drug-likeness (QED) is 0.468. The van der Waals surface area contributed by atoms with E-state index in [1.54, 1.807) is 12.1 Å². The fraction of sp³-hybridized carbons (Fsp3) is 0.333. The lowest BCUT2D eigenvalue weighted by molar-refractivity contribution is 0.0600. The maximum absolute atomic E-state index is 12.2. The van der Waals surface area contributed by atoms with E-state index in [-0.39, 0.29) is 0 Å². The maximum atomic E-state index is 12.2. The van der Waals surface area contributed by atoms with Crippen molar-refractivity contribution in [2.45, 2.75) is 19.4 Å². The molecule has 0 amide bonds. The van der Waals surface area contributed by atoms with Gasteiger partial charge in [0.1, 0.15) is 18.0 Å². The Labute approximate surface area is 175 Å². The summed E-state index contributed by atoms with van der Waals surface area (Å²) >= 11 is 0. The summed E-state index contributed by atoms with van der Waals surface area (Å²) in [6, 6.07) is 14.1. The van der Waals surface area contributed by atoms with Gasteiger partial charge in [-0.3, -0.25) is 4.99 Å². The minimum absolute atomic E-state index is 0.395. The number of fused-ring (bicyclic) bond motifs is 2. The second-order valence-corrected chi connectivity index (χ2v) is 8.04. The number of hydrogen-bond donors (Lipinski definition) is 0. The van der Waals surface area contributed by atoms with Crippen molar-refractivity contribution in [2.75, 3.05) is 32.2 Å². The van der Waals surface area contributed by atoms with E-state index >= 15 is 0 Å². The average molecular weight is 403 g/mol. The standard InChI is InChI=1S/C24H25N3O3/c1-26-9-10-30-22-13-18(24(28)29-2)12-20(23(22)26)25-14-19-11-17-5-3-4-6-21(17)27(19)15-16-7-8-16/h3-6,11-14,16H,7-10,15H2,1-2H3. The number of aromatic nitrogens is 1. The number of likely N-dealkylation sites (N-methyl/N-ethyl adjacent to an activating group) is 1. The molecular formula is C24H25N3O3. The Bertz CT molecular complexity index is 1140. The normalized spacial score (nSPS) is 16.0. The van der Waals surface area contributed by atoms with E-state index in [0.717, 1.165) is 30.4 Å². The summed E-state index contributed by atoms with van der Waals surface area (Å²) in [5.74, 6) is 1.02. The molecule has 0 radical (unpaired) electrons. The van der Waals surface area contributed by atoms with Gasteiger partial charge in [0.05, 0.1) is 36.8 Å². The third kappa shape index (κ3) is 3.43. The molecule has 1 aliphatic heterocycles. The van der Waals surface area contributed by atoms with Gasteiger partial charge in [0.2, 0.25) is 0 Å². The summed E-state index contributed by atoms with van der Waals surface area (Å²) in [7, 11) is 3.40. The summed E-state index contributed by atoms with van der Waals surface area (Å²) in [5.41, 5.74) is 4.35. The number of esters is 1. The van der Waals surface area contributed by atoms with Crippen LogP contribution in [0.2, 0.25) is 0 Å². The van der Waals surface area contributed by atoms with Crippen LogP contribution in [0, 0.1) is 5.92 Å². The van der Waals surface area contributed by atoms with Crippen LogP contribution in [0.1, 0.15) is 28.9 Å². The van der Waals surface area contributed by atoms with Gasteiger partial charge in [-0.15, -0.1) is 0 Å². The Morgan fingerprint density at radius 3 is 2.90 bits per heavy atom. The number of hydrogen-bond acceptors (Lipinski definition) is 5. The topological polar surface area (TPSA) is 56.1 Å². The Morgan fingerprint density at radius 1 is 1.27 bits per heavy atom. The van der Waals surface area contributed by atoms with Gasteiger partial charge in [-0.25, -0.2) is 4.79 Å². The van der Waals surface area contributed by atoms with Crippen LogP contribution in [0.4, 0.5) is 11.4 Å². The molecule has 0 atom stereocenters. The molecule has 0 saturated heterocycles. The van der Waals surface area contributed by atoms with Crippen molar-refractivity contribution in [1.29, 1.82) is 0 Å². The second-order valence-electron chi connectivity index (χ2n) is 8.04. The molecule has 0 N–H and O–H groups in total. The molecule has 2 aliphatic rings. The molecule has 1 fully saturated rings. The summed E-state index contributed by atoms with van der Waals surface area (Å²) in [6.07, 6.45) is 4.49. The number of ether oxygens (including phenoxy) is 2. The van der Waals surface area contributed by atoms with Crippen molar-refractivity contribution < 1.29 is 14.3 Å².